The predicted molar refractivity (Wildman–Crippen MR) is 91.2 cm³/mol. The maximum atomic E-state index is 6.09. The highest BCUT2D eigenvalue weighted by atomic mass is 35.5. The molecule has 0 aliphatic carbocycles. The molecule has 106 valence electrons. The Morgan fingerprint density at radius 3 is 2.48 bits per heavy atom. The van der Waals surface area contributed by atoms with Crippen molar-refractivity contribution < 1.29 is 0 Å². The highest BCUT2D eigenvalue weighted by Gasteiger charge is 2.06. The molecule has 2 nitrogen and oxygen atoms in total. The molecule has 0 unspecified atom stereocenters. The highest BCUT2D eigenvalue weighted by molar-refractivity contribution is 6.42. The quantitative estimate of drug-likeness (QED) is 0.598. The average molecular weight is 338 g/mol. The molecule has 0 saturated carbocycles. The lowest BCUT2D eigenvalue weighted by molar-refractivity contribution is 1.25. The Morgan fingerprint density at radius 1 is 0.905 bits per heavy atom. The molecule has 0 radical (unpaired) electrons. The van der Waals surface area contributed by atoms with Crippen LogP contribution in [0.2, 0.25) is 15.1 Å². The van der Waals surface area contributed by atoms with Crippen molar-refractivity contribution in [3.63, 3.8) is 0 Å². The van der Waals surface area contributed by atoms with Gasteiger partial charge in [-0.1, -0.05) is 34.8 Å². The van der Waals surface area contributed by atoms with Crippen LogP contribution in [0.1, 0.15) is 5.69 Å². The molecule has 1 heterocycles. The van der Waals surface area contributed by atoms with E-state index in [2.05, 4.69) is 10.3 Å². The third-order valence-electron chi connectivity index (χ3n) is 3.10. The number of nitrogens with one attached hydrogen (secondary N) is 1. The molecular formula is C16H11Cl3N2. The molecule has 0 spiro atoms. The predicted octanol–water partition coefficient (Wildman–Crippen LogP) is 6.25. The Morgan fingerprint density at radius 2 is 1.71 bits per heavy atom. The number of fused-ring (bicyclic) bond motifs is 1. The second kappa shape index (κ2) is 5.72. The number of rotatable bonds is 2. The number of benzene rings is 2. The summed E-state index contributed by atoms with van der Waals surface area (Å²) in [5, 5.41) is 6.01. The van der Waals surface area contributed by atoms with Crippen molar-refractivity contribution in [1.82, 2.24) is 4.98 Å². The van der Waals surface area contributed by atoms with Crippen molar-refractivity contribution in [2.75, 3.05) is 5.32 Å². The molecule has 0 bridgehead atoms. The molecule has 0 atom stereocenters. The molecule has 21 heavy (non-hydrogen) atoms. The van der Waals surface area contributed by atoms with Crippen LogP contribution >= 0.6 is 34.8 Å². The highest BCUT2D eigenvalue weighted by Crippen LogP contribution is 2.31. The standard InChI is InChI=1S/C16H11Cl3N2/c1-9-6-16(12-7-10(17)2-5-15(12)20-9)21-11-3-4-13(18)14(19)8-11/h2-8H,1H3,(H,20,21). The van der Waals surface area contributed by atoms with Crippen LogP contribution in [-0.2, 0) is 0 Å². The van der Waals surface area contributed by atoms with Crippen molar-refractivity contribution >= 4 is 57.1 Å². The number of nitrogens with zero attached hydrogens (tertiary/aromatic N) is 1. The van der Waals surface area contributed by atoms with Gasteiger partial charge < -0.3 is 5.32 Å². The minimum atomic E-state index is 0.509. The second-order valence-corrected chi connectivity index (χ2v) is 5.98. The Bertz CT molecular complexity index is 831. The van der Waals surface area contributed by atoms with Gasteiger partial charge in [0.1, 0.15) is 0 Å². The topological polar surface area (TPSA) is 24.9 Å². The Hall–Kier alpha value is -1.48. The van der Waals surface area contributed by atoms with Gasteiger partial charge in [-0.05, 0) is 49.4 Å². The Labute approximate surface area is 137 Å². The van der Waals surface area contributed by atoms with Gasteiger partial charge in [0, 0.05) is 27.5 Å². The minimum Gasteiger partial charge on any atom is -0.355 e. The smallest absolute Gasteiger partial charge is 0.0727 e. The fraction of sp³-hybridized carbons (Fsp3) is 0.0625. The zero-order chi connectivity index (χ0) is 15.0. The summed E-state index contributed by atoms with van der Waals surface area (Å²) in [4.78, 5) is 4.50. The van der Waals surface area contributed by atoms with Crippen LogP contribution in [0.25, 0.3) is 10.9 Å². The first-order chi connectivity index (χ1) is 10.0. The third-order valence-corrected chi connectivity index (χ3v) is 4.07. The number of aryl methyl sites for hydroxylation is 1. The molecular weight excluding hydrogens is 327 g/mol. The van der Waals surface area contributed by atoms with Crippen LogP contribution in [0.15, 0.2) is 42.5 Å². The first kappa shape index (κ1) is 14.5. The zero-order valence-electron chi connectivity index (χ0n) is 11.1. The van der Waals surface area contributed by atoms with Crippen LogP contribution in [0.4, 0.5) is 11.4 Å². The molecule has 0 fully saturated rings. The zero-order valence-corrected chi connectivity index (χ0v) is 13.4. The second-order valence-electron chi connectivity index (χ2n) is 4.73. The van der Waals surface area contributed by atoms with E-state index in [0.29, 0.717) is 15.1 Å². The number of hydrogen-bond donors (Lipinski definition) is 1. The van der Waals surface area contributed by atoms with E-state index >= 15 is 0 Å². The van der Waals surface area contributed by atoms with E-state index in [1.54, 1.807) is 12.1 Å². The molecule has 1 aromatic heterocycles. The molecule has 2 aromatic carbocycles. The van der Waals surface area contributed by atoms with Crippen LogP contribution < -0.4 is 5.32 Å². The number of halogens is 3. The number of aromatic nitrogens is 1. The van der Waals surface area contributed by atoms with Gasteiger partial charge in [-0.2, -0.15) is 0 Å². The summed E-state index contributed by atoms with van der Waals surface area (Å²) in [6, 6.07) is 13.0. The van der Waals surface area contributed by atoms with Gasteiger partial charge in [-0.15, -0.1) is 0 Å². The summed E-state index contributed by atoms with van der Waals surface area (Å²) in [7, 11) is 0. The van der Waals surface area contributed by atoms with E-state index in [0.717, 1.165) is 28.0 Å². The summed E-state index contributed by atoms with van der Waals surface area (Å²) >= 11 is 18.1. The van der Waals surface area contributed by atoms with Gasteiger partial charge in [0.25, 0.3) is 0 Å². The largest absolute Gasteiger partial charge is 0.355 e. The molecule has 0 aliphatic heterocycles. The monoisotopic (exact) mass is 336 g/mol. The lowest BCUT2D eigenvalue weighted by atomic mass is 10.1. The van der Waals surface area contributed by atoms with Gasteiger partial charge in [-0.3, -0.25) is 4.98 Å². The summed E-state index contributed by atoms with van der Waals surface area (Å²) in [5.74, 6) is 0. The first-order valence-corrected chi connectivity index (χ1v) is 7.45. The van der Waals surface area contributed by atoms with Crippen molar-refractivity contribution in [3.05, 3.63) is 63.2 Å². The molecule has 3 aromatic rings. The van der Waals surface area contributed by atoms with Crippen LogP contribution in [0, 0.1) is 6.92 Å². The molecule has 0 amide bonds. The van der Waals surface area contributed by atoms with Gasteiger partial charge in [0.2, 0.25) is 0 Å². The number of pyridine rings is 1. The van der Waals surface area contributed by atoms with Crippen molar-refractivity contribution in [2.45, 2.75) is 6.92 Å². The number of hydrogen-bond acceptors (Lipinski definition) is 2. The van der Waals surface area contributed by atoms with E-state index in [4.69, 9.17) is 34.8 Å². The van der Waals surface area contributed by atoms with Crippen molar-refractivity contribution in [3.8, 4) is 0 Å². The van der Waals surface area contributed by atoms with Crippen LogP contribution in [0.5, 0.6) is 0 Å². The molecule has 0 saturated heterocycles. The van der Waals surface area contributed by atoms with Gasteiger partial charge >= 0.3 is 0 Å². The van der Waals surface area contributed by atoms with Gasteiger partial charge in [0.05, 0.1) is 15.6 Å². The maximum Gasteiger partial charge on any atom is 0.0727 e. The Kier molecular flexibility index (Phi) is 3.94. The fourth-order valence-electron chi connectivity index (χ4n) is 2.16. The van der Waals surface area contributed by atoms with E-state index in [-0.39, 0.29) is 0 Å². The molecule has 3 rings (SSSR count). The van der Waals surface area contributed by atoms with Crippen LogP contribution in [-0.4, -0.2) is 4.98 Å². The third kappa shape index (κ3) is 3.08. The lowest BCUT2D eigenvalue weighted by Crippen LogP contribution is -1.95. The first-order valence-electron chi connectivity index (χ1n) is 6.32. The summed E-state index contributed by atoms with van der Waals surface area (Å²) in [5.41, 5.74) is 3.60. The van der Waals surface area contributed by atoms with Gasteiger partial charge in [0.15, 0.2) is 0 Å². The van der Waals surface area contributed by atoms with E-state index < -0.39 is 0 Å². The van der Waals surface area contributed by atoms with Crippen molar-refractivity contribution in [1.29, 1.82) is 0 Å². The minimum absolute atomic E-state index is 0.509. The molecule has 0 aliphatic rings. The maximum absolute atomic E-state index is 6.09. The fourth-order valence-corrected chi connectivity index (χ4v) is 2.63. The summed E-state index contributed by atoms with van der Waals surface area (Å²) < 4.78 is 0. The van der Waals surface area contributed by atoms with E-state index in [1.165, 1.54) is 0 Å². The summed E-state index contributed by atoms with van der Waals surface area (Å²) in [6.45, 7) is 1.95. The lowest BCUT2D eigenvalue weighted by Gasteiger charge is -2.12. The van der Waals surface area contributed by atoms with E-state index in [1.807, 2.05) is 37.3 Å². The normalized spacial score (nSPS) is 10.9. The number of anilines is 2. The molecule has 1 N–H and O–H groups in total. The SMILES string of the molecule is Cc1cc(Nc2ccc(Cl)c(Cl)c2)c2cc(Cl)ccc2n1. The summed E-state index contributed by atoms with van der Waals surface area (Å²) in [6.07, 6.45) is 0. The van der Waals surface area contributed by atoms with Gasteiger partial charge in [-0.25, -0.2) is 0 Å². The average Bonchev–Trinajstić information content (AvgIpc) is 2.43. The molecule has 5 heteroatoms. The van der Waals surface area contributed by atoms with Crippen LogP contribution in [0.3, 0.4) is 0 Å². The Balaban J connectivity index is 2.10. The van der Waals surface area contributed by atoms with E-state index in [9.17, 15) is 0 Å². The van der Waals surface area contributed by atoms with Crippen molar-refractivity contribution in [2.24, 2.45) is 0 Å².